The number of nitrogens with one attached hydrogen (secondary N) is 1. The summed E-state index contributed by atoms with van der Waals surface area (Å²) in [5.74, 6) is 0. The van der Waals surface area contributed by atoms with Crippen molar-refractivity contribution >= 4 is 58.6 Å². The van der Waals surface area contributed by atoms with E-state index in [1.807, 2.05) is 6.07 Å². The maximum Gasteiger partial charge on any atom is 0.152 e. The highest BCUT2D eigenvalue weighted by Gasteiger charge is 2.17. The number of benzene rings is 1. The number of hydrogen-bond acceptors (Lipinski definition) is 4. The minimum atomic E-state index is 0.527. The number of halogens is 2. The molecule has 4 nitrogen and oxygen atoms in total. The standard InChI is InChI=1S/C19H20ClIN4S/c1-24-10-2-3-15(12-24)23-14-6-4-13(5-7-14)18-11-16-17(20)8-9-22-19(16)25(18)26-21/h4-9,11,15,23H,2-3,10,12H2,1H3. The maximum absolute atomic E-state index is 6.35. The molecule has 0 spiro atoms. The molecular weight excluding hydrogens is 479 g/mol. The minimum absolute atomic E-state index is 0.527. The molecule has 3 heterocycles. The van der Waals surface area contributed by atoms with Crippen molar-refractivity contribution in [3.8, 4) is 11.3 Å². The number of likely N-dealkylation sites (N-methyl/N-ethyl adjacent to an activating group) is 1. The third-order valence-corrected chi connectivity index (χ3v) is 6.87. The van der Waals surface area contributed by atoms with Gasteiger partial charge >= 0.3 is 0 Å². The molecule has 1 fully saturated rings. The number of rotatable bonds is 4. The second-order valence-electron chi connectivity index (χ2n) is 6.75. The molecule has 0 aliphatic carbocycles. The second-order valence-corrected chi connectivity index (χ2v) is 8.84. The first kappa shape index (κ1) is 18.4. The van der Waals surface area contributed by atoms with Gasteiger partial charge in [-0.2, -0.15) is 0 Å². The highest BCUT2D eigenvalue weighted by Crippen LogP contribution is 2.36. The summed E-state index contributed by atoms with van der Waals surface area (Å²) in [5, 5.41) is 5.39. The molecule has 0 bridgehead atoms. The number of nitrogens with zero attached hydrogens (tertiary/aromatic N) is 3. The Labute approximate surface area is 175 Å². The molecule has 0 radical (unpaired) electrons. The van der Waals surface area contributed by atoms with Crippen molar-refractivity contribution in [1.29, 1.82) is 0 Å². The number of hydrogen-bond donors (Lipinski definition) is 1. The topological polar surface area (TPSA) is 33.1 Å². The first-order valence-corrected chi connectivity index (χ1v) is 12.4. The Kier molecular flexibility index (Phi) is 5.63. The zero-order valence-corrected chi connectivity index (χ0v) is 18.2. The molecule has 3 aromatic rings. The molecule has 1 unspecified atom stereocenters. The van der Waals surface area contributed by atoms with Crippen LogP contribution in [0.4, 0.5) is 5.69 Å². The smallest absolute Gasteiger partial charge is 0.152 e. The summed E-state index contributed by atoms with van der Waals surface area (Å²) in [4.78, 5) is 6.89. The van der Waals surface area contributed by atoms with Crippen LogP contribution in [0, 0.1) is 0 Å². The van der Waals surface area contributed by atoms with Crippen LogP contribution in [-0.4, -0.2) is 40.0 Å². The monoisotopic (exact) mass is 498 g/mol. The molecule has 1 N–H and O–H groups in total. The van der Waals surface area contributed by atoms with E-state index in [0.29, 0.717) is 6.04 Å². The highest BCUT2D eigenvalue weighted by atomic mass is 127. The number of piperidine rings is 1. The highest BCUT2D eigenvalue weighted by molar-refractivity contribution is 14.2. The third-order valence-electron chi connectivity index (χ3n) is 4.85. The summed E-state index contributed by atoms with van der Waals surface area (Å²) in [6.45, 7) is 2.30. The lowest BCUT2D eigenvalue weighted by Gasteiger charge is -2.30. The molecule has 1 aliphatic heterocycles. The lowest BCUT2D eigenvalue weighted by atomic mass is 10.1. The van der Waals surface area contributed by atoms with E-state index < -0.39 is 0 Å². The number of aromatic nitrogens is 2. The SMILES string of the molecule is CN1CCCC(Nc2ccc(-c3cc4c(Cl)ccnc4n3SI)cc2)C1. The average molecular weight is 499 g/mol. The van der Waals surface area contributed by atoms with Gasteiger partial charge in [-0.15, -0.1) is 0 Å². The van der Waals surface area contributed by atoms with Gasteiger partial charge in [-0.05, 0) is 56.3 Å². The van der Waals surface area contributed by atoms with E-state index >= 15 is 0 Å². The van der Waals surface area contributed by atoms with E-state index in [0.717, 1.165) is 33.9 Å². The molecule has 1 atom stereocenters. The van der Waals surface area contributed by atoms with Gasteiger partial charge in [0.2, 0.25) is 0 Å². The van der Waals surface area contributed by atoms with E-state index in [2.05, 4.69) is 77.8 Å². The van der Waals surface area contributed by atoms with Crippen molar-refractivity contribution < 1.29 is 0 Å². The Hall–Kier alpha value is -0.960. The van der Waals surface area contributed by atoms with Crippen molar-refractivity contribution in [2.75, 3.05) is 25.5 Å². The Morgan fingerprint density at radius 1 is 1.27 bits per heavy atom. The molecule has 1 aromatic carbocycles. The van der Waals surface area contributed by atoms with Crippen LogP contribution < -0.4 is 5.32 Å². The zero-order valence-electron chi connectivity index (χ0n) is 14.5. The van der Waals surface area contributed by atoms with Crippen LogP contribution in [0.2, 0.25) is 5.02 Å². The number of fused-ring (bicyclic) bond motifs is 1. The van der Waals surface area contributed by atoms with E-state index in [4.69, 9.17) is 11.6 Å². The van der Waals surface area contributed by atoms with E-state index in [-0.39, 0.29) is 0 Å². The number of anilines is 1. The summed E-state index contributed by atoms with van der Waals surface area (Å²) in [6, 6.07) is 13.1. The number of pyridine rings is 1. The van der Waals surface area contributed by atoms with Crippen LogP contribution in [-0.2, 0) is 0 Å². The van der Waals surface area contributed by atoms with Gasteiger partial charge in [0.05, 0.1) is 10.7 Å². The predicted molar refractivity (Wildman–Crippen MR) is 121 cm³/mol. The third kappa shape index (κ3) is 3.69. The van der Waals surface area contributed by atoms with Gasteiger partial charge in [-0.1, -0.05) is 23.7 Å². The lowest BCUT2D eigenvalue weighted by molar-refractivity contribution is 0.261. The van der Waals surface area contributed by atoms with Gasteiger partial charge in [0.25, 0.3) is 0 Å². The summed E-state index contributed by atoms with van der Waals surface area (Å²) >= 11 is 8.64. The van der Waals surface area contributed by atoms with Gasteiger partial charge in [0.1, 0.15) is 0 Å². The summed E-state index contributed by atoms with van der Waals surface area (Å²) in [7, 11) is 3.80. The Balaban J connectivity index is 1.61. The van der Waals surface area contributed by atoms with E-state index in [1.54, 1.807) is 15.3 Å². The molecule has 136 valence electrons. The quantitative estimate of drug-likeness (QED) is 0.467. The molecule has 2 aromatic heterocycles. The average Bonchev–Trinajstić information content (AvgIpc) is 3.02. The van der Waals surface area contributed by atoms with Gasteiger partial charge in [0, 0.05) is 60.2 Å². The van der Waals surface area contributed by atoms with Crippen molar-refractivity contribution in [2.45, 2.75) is 18.9 Å². The fourth-order valence-corrected chi connectivity index (χ4v) is 5.41. The Morgan fingerprint density at radius 2 is 2.08 bits per heavy atom. The zero-order chi connectivity index (χ0) is 18.1. The van der Waals surface area contributed by atoms with Crippen LogP contribution in [0.5, 0.6) is 0 Å². The Bertz CT molecular complexity index is 912. The molecule has 7 heteroatoms. The van der Waals surface area contributed by atoms with Crippen LogP contribution in [0.3, 0.4) is 0 Å². The summed E-state index contributed by atoms with van der Waals surface area (Å²) in [5.41, 5.74) is 4.35. The van der Waals surface area contributed by atoms with Crippen LogP contribution in [0.15, 0.2) is 42.6 Å². The lowest BCUT2D eigenvalue weighted by Crippen LogP contribution is -2.39. The molecule has 26 heavy (non-hydrogen) atoms. The molecular formula is C19H20ClIN4S. The molecule has 1 saturated heterocycles. The first-order chi connectivity index (χ1) is 12.7. The fourth-order valence-electron chi connectivity index (χ4n) is 3.57. The van der Waals surface area contributed by atoms with Gasteiger partial charge in [-0.3, -0.25) is 3.97 Å². The van der Waals surface area contributed by atoms with E-state index in [1.165, 1.54) is 25.1 Å². The maximum atomic E-state index is 6.35. The minimum Gasteiger partial charge on any atom is -0.381 e. The predicted octanol–water partition coefficient (Wildman–Crippen LogP) is 5.71. The van der Waals surface area contributed by atoms with Crippen molar-refractivity contribution in [3.63, 3.8) is 0 Å². The molecule has 4 rings (SSSR count). The van der Waals surface area contributed by atoms with Crippen molar-refractivity contribution in [2.24, 2.45) is 0 Å². The molecule has 1 aliphatic rings. The largest absolute Gasteiger partial charge is 0.381 e. The van der Waals surface area contributed by atoms with Crippen LogP contribution in [0.1, 0.15) is 12.8 Å². The first-order valence-electron chi connectivity index (χ1n) is 8.66. The van der Waals surface area contributed by atoms with Crippen molar-refractivity contribution in [3.05, 3.63) is 47.6 Å². The van der Waals surface area contributed by atoms with E-state index in [9.17, 15) is 0 Å². The summed E-state index contributed by atoms with van der Waals surface area (Å²) in [6.07, 6.45) is 4.25. The summed E-state index contributed by atoms with van der Waals surface area (Å²) < 4.78 is 2.13. The van der Waals surface area contributed by atoms with Gasteiger partial charge in [0.15, 0.2) is 5.65 Å². The second kappa shape index (κ2) is 7.96. The Morgan fingerprint density at radius 3 is 2.81 bits per heavy atom. The van der Waals surface area contributed by atoms with Crippen LogP contribution in [0.25, 0.3) is 22.3 Å². The fraction of sp³-hybridized carbons (Fsp3) is 0.316. The van der Waals surface area contributed by atoms with Gasteiger partial charge in [-0.25, -0.2) is 4.98 Å². The normalized spacial score (nSPS) is 18.3. The molecule has 0 amide bonds. The van der Waals surface area contributed by atoms with Crippen LogP contribution >= 0.6 is 41.9 Å². The van der Waals surface area contributed by atoms with Crippen molar-refractivity contribution in [1.82, 2.24) is 13.9 Å². The molecule has 0 saturated carbocycles. The number of likely N-dealkylation sites (tertiary alicyclic amines) is 1. The van der Waals surface area contributed by atoms with Gasteiger partial charge < -0.3 is 10.2 Å².